The molecule has 0 radical (unpaired) electrons. The number of nitro benzene ring substituents is 1. The van der Waals surface area contributed by atoms with Gasteiger partial charge in [0.2, 0.25) is 0 Å². The smallest absolute Gasteiger partial charge is 0.308 e. The molecule has 0 aliphatic heterocycles. The van der Waals surface area contributed by atoms with E-state index in [4.69, 9.17) is 10.00 Å². The molecule has 0 aromatic heterocycles. The van der Waals surface area contributed by atoms with E-state index in [1.54, 1.807) is 6.07 Å². The fourth-order valence-electron chi connectivity index (χ4n) is 2.60. The van der Waals surface area contributed by atoms with Crippen molar-refractivity contribution in [2.24, 2.45) is 5.92 Å². The summed E-state index contributed by atoms with van der Waals surface area (Å²) in [5, 5.41) is 22.9. The van der Waals surface area contributed by atoms with E-state index in [1.165, 1.54) is 19.2 Å². The van der Waals surface area contributed by atoms with E-state index >= 15 is 0 Å². The summed E-state index contributed by atoms with van der Waals surface area (Å²) in [5.74, 6) is -0.318. The van der Waals surface area contributed by atoms with Gasteiger partial charge in [0.25, 0.3) is 5.69 Å². The maximum absolute atomic E-state index is 11.5. The topological polar surface area (TPSA) is 105 Å². The summed E-state index contributed by atoms with van der Waals surface area (Å²) in [4.78, 5) is 21.7. The number of benzene rings is 1. The highest BCUT2D eigenvalue weighted by Crippen LogP contribution is 2.30. The van der Waals surface area contributed by atoms with Crippen LogP contribution in [0.25, 0.3) is 0 Å². The first kappa shape index (κ1) is 14.8. The van der Waals surface area contributed by atoms with E-state index in [0.717, 1.165) is 12.8 Å². The zero-order valence-corrected chi connectivity index (χ0v) is 11.5. The molecule has 1 N–H and O–H groups in total. The lowest BCUT2D eigenvalue weighted by atomic mass is 10.1. The molecule has 1 fully saturated rings. The molecule has 0 heterocycles. The Morgan fingerprint density at radius 3 is 2.90 bits per heavy atom. The van der Waals surface area contributed by atoms with Crippen LogP contribution in [0.2, 0.25) is 0 Å². The monoisotopic (exact) mass is 289 g/mol. The van der Waals surface area contributed by atoms with Crippen LogP contribution < -0.4 is 5.32 Å². The highest BCUT2D eigenvalue weighted by molar-refractivity contribution is 5.72. The predicted molar refractivity (Wildman–Crippen MR) is 74.6 cm³/mol. The first-order valence-corrected chi connectivity index (χ1v) is 6.58. The third-order valence-electron chi connectivity index (χ3n) is 3.65. The molecule has 7 nitrogen and oxygen atoms in total. The van der Waals surface area contributed by atoms with Crippen LogP contribution in [-0.4, -0.2) is 24.0 Å². The van der Waals surface area contributed by atoms with Crippen molar-refractivity contribution < 1.29 is 14.5 Å². The van der Waals surface area contributed by atoms with Gasteiger partial charge in [-0.05, 0) is 31.4 Å². The fraction of sp³-hybridized carbons (Fsp3) is 0.429. The fourth-order valence-corrected chi connectivity index (χ4v) is 2.60. The number of ether oxygens (including phenoxy) is 1. The first-order chi connectivity index (χ1) is 10.0. The molecule has 0 saturated heterocycles. The Morgan fingerprint density at radius 2 is 2.29 bits per heavy atom. The normalized spacial score (nSPS) is 20.6. The SMILES string of the molecule is COC(=O)[C@H]1CC[C@@H](Nc2ccc([N+](=O)[O-])c(C#N)c2)C1. The summed E-state index contributed by atoms with van der Waals surface area (Å²) in [5.41, 5.74) is 0.460. The van der Waals surface area contributed by atoms with Crippen molar-refractivity contribution in [3.8, 4) is 6.07 Å². The molecule has 110 valence electrons. The first-order valence-electron chi connectivity index (χ1n) is 6.58. The number of methoxy groups -OCH3 is 1. The van der Waals surface area contributed by atoms with E-state index < -0.39 is 4.92 Å². The number of anilines is 1. The average Bonchev–Trinajstić information content (AvgIpc) is 2.94. The Labute approximate surface area is 121 Å². The Kier molecular flexibility index (Phi) is 4.38. The van der Waals surface area contributed by atoms with Crippen LogP contribution in [0.1, 0.15) is 24.8 Å². The van der Waals surface area contributed by atoms with E-state index in [9.17, 15) is 14.9 Å². The molecule has 1 aromatic rings. The van der Waals surface area contributed by atoms with Crippen molar-refractivity contribution in [1.29, 1.82) is 5.26 Å². The van der Waals surface area contributed by atoms with E-state index in [0.29, 0.717) is 12.1 Å². The van der Waals surface area contributed by atoms with Gasteiger partial charge >= 0.3 is 5.97 Å². The second kappa shape index (κ2) is 6.22. The van der Waals surface area contributed by atoms with Crippen LogP contribution >= 0.6 is 0 Å². The summed E-state index contributed by atoms with van der Waals surface area (Å²) in [6.45, 7) is 0. The van der Waals surface area contributed by atoms with E-state index in [-0.39, 0.29) is 29.2 Å². The van der Waals surface area contributed by atoms with Crippen LogP contribution in [0.5, 0.6) is 0 Å². The molecular weight excluding hydrogens is 274 g/mol. The molecule has 2 atom stereocenters. The van der Waals surface area contributed by atoms with Crippen molar-refractivity contribution >= 4 is 17.3 Å². The minimum absolute atomic E-state index is 0.0208. The number of esters is 1. The van der Waals surface area contributed by atoms with Crippen molar-refractivity contribution in [2.75, 3.05) is 12.4 Å². The molecule has 1 saturated carbocycles. The number of hydrogen-bond donors (Lipinski definition) is 1. The summed E-state index contributed by atoms with van der Waals surface area (Å²) in [6.07, 6.45) is 2.23. The number of nitriles is 1. The van der Waals surface area contributed by atoms with Crippen molar-refractivity contribution in [3.63, 3.8) is 0 Å². The number of carbonyl (C=O) groups excluding carboxylic acids is 1. The van der Waals surface area contributed by atoms with Crippen LogP contribution in [0, 0.1) is 27.4 Å². The number of nitrogens with zero attached hydrogens (tertiary/aromatic N) is 2. The molecule has 0 bridgehead atoms. The largest absolute Gasteiger partial charge is 0.469 e. The van der Waals surface area contributed by atoms with Gasteiger partial charge in [-0.2, -0.15) is 5.26 Å². The third kappa shape index (κ3) is 3.28. The van der Waals surface area contributed by atoms with Gasteiger partial charge in [-0.15, -0.1) is 0 Å². The minimum Gasteiger partial charge on any atom is -0.469 e. The van der Waals surface area contributed by atoms with Gasteiger partial charge in [0.1, 0.15) is 11.6 Å². The Balaban J connectivity index is 2.06. The molecule has 1 aliphatic rings. The Morgan fingerprint density at radius 1 is 1.52 bits per heavy atom. The highest BCUT2D eigenvalue weighted by atomic mass is 16.6. The molecule has 21 heavy (non-hydrogen) atoms. The minimum atomic E-state index is -0.578. The lowest BCUT2D eigenvalue weighted by molar-refractivity contribution is -0.385. The van der Waals surface area contributed by atoms with Crippen LogP contribution in [-0.2, 0) is 9.53 Å². The molecule has 2 rings (SSSR count). The van der Waals surface area contributed by atoms with Crippen LogP contribution in [0.4, 0.5) is 11.4 Å². The second-order valence-corrected chi connectivity index (χ2v) is 4.98. The van der Waals surface area contributed by atoms with Gasteiger partial charge in [-0.1, -0.05) is 0 Å². The van der Waals surface area contributed by atoms with E-state index in [2.05, 4.69) is 5.32 Å². The van der Waals surface area contributed by atoms with Crippen LogP contribution in [0.3, 0.4) is 0 Å². The molecule has 7 heteroatoms. The van der Waals surface area contributed by atoms with Gasteiger partial charge in [-0.3, -0.25) is 14.9 Å². The Hall–Kier alpha value is -2.62. The molecule has 1 aromatic carbocycles. The lowest BCUT2D eigenvalue weighted by Crippen LogP contribution is -2.18. The summed E-state index contributed by atoms with van der Waals surface area (Å²) in [7, 11) is 1.37. The number of nitro groups is 1. The van der Waals surface area contributed by atoms with Crippen molar-refractivity contribution in [1.82, 2.24) is 0 Å². The van der Waals surface area contributed by atoms with E-state index in [1.807, 2.05) is 6.07 Å². The zero-order chi connectivity index (χ0) is 15.4. The summed E-state index contributed by atoms with van der Waals surface area (Å²) < 4.78 is 4.73. The van der Waals surface area contributed by atoms with Gasteiger partial charge in [0.05, 0.1) is 18.0 Å². The number of carbonyl (C=O) groups is 1. The molecule has 0 amide bonds. The second-order valence-electron chi connectivity index (χ2n) is 4.98. The van der Waals surface area contributed by atoms with Crippen LogP contribution in [0.15, 0.2) is 18.2 Å². The molecule has 0 unspecified atom stereocenters. The quantitative estimate of drug-likeness (QED) is 0.517. The molecular formula is C14H15N3O4. The van der Waals surface area contributed by atoms with Gasteiger partial charge < -0.3 is 10.1 Å². The van der Waals surface area contributed by atoms with Crippen molar-refractivity contribution in [3.05, 3.63) is 33.9 Å². The predicted octanol–water partition coefficient (Wildman–Crippen LogP) is 2.22. The third-order valence-corrected chi connectivity index (χ3v) is 3.65. The van der Waals surface area contributed by atoms with Gasteiger partial charge in [0, 0.05) is 17.8 Å². The lowest BCUT2D eigenvalue weighted by Gasteiger charge is -2.14. The average molecular weight is 289 g/mol. The summed E-state index contributed by atoms with van der Waals surface area (Å²) in [6, 6.07) is 6.27. The number of hydrogen-bond acceptors (Lipinski definition) is 6. The number of rotatable bonds is 4. The van der Waals surface area contributed by atoms with Crippen molar-refractivity contribution in [2.45, 2.75) is 25.3 Å². The summed E-state index contributed by atoms with van der Waals surface area (Å²) >= 11 is 0. The maximum atomic E-state index is 11.5. The Bertz CT molecular complexity index is 609. The molecule has 0 spiro atoms. The maximum Gasteiger partial charge on any atom is 0.308 e. The standard InChI is InChI=1S/C14H15N3O4/c1-21-14(18)9-2-3-11(6-9)16-12-4-5-13(17(19)20)10(7-12)8-15/h4-5,7,9,11,16H,2-3,6H2,1H3/t9-,11+/m0/s1. The molecule has 1 aliphatic carbocycles. The van der Waals surface area contributed by atoms with Gasteiger partial charge in [-0.25, -0.2) is 0 Å². The highest BCUT2D eigenvalue weighted by Gasteiger charge is 2.30. The number of nitrogens with one attached hydrogen (secondary N) is 1. The van der Waals surface area contributed by atoms with Gasteiger partial charge in [0.15, 0.2) is 0 Å². The zero-order valence-electron chi connectivity index (χ0n) is 11.5.